The molecular formula is C27H32N4O6S. The Hall–Kier alpha value is -3.86. The topological polar surface area (TPSA) is 113 Å². The molecule has 3 aromatic rings. The monoisotopic (exact) mass is 540 g/mol. The first-order chi connectivity index (χ1) is 18.2. The minimum absolute atomic E-state index is 0.0158. The van der Waals surface area contributed by atoms with Crippen molar-refractivity contribution in [2.45, 2.75) is 51.2 Å². The zero-order chi connectivity index (χ0) is 27.3. The molecule has 1 atom stereocenters. The maximum atomic E-state index is 14.1. The zero-order valence-electron chi connectivity index (χ0n) is 22.0. The molecule has 3 heterocycles. The fraction of sp³-hybridized carbons (Fsp3) is 0.370. The summed E-state index contributed by atoms with van der Waals surface area (Å²) in [5, 5.41) is 4.29. The van der Waals surface area contributed by atoms with Crippen LogP contribution in [0.1, 0.15) is 43.5 Å². The lowest BCUT2D eigenvalue weighted by molar-refractivity contribution is -0.141. The van der Waals surface area contributed by atoms with Crippen LogP contribution in [0.4, 0.5) is 5.69 Å². The molecule has 11 heteroatoms. The first-order valence-electron chi connectivity index (χ1n) is 12.5. The quantitative estimate of drug-likeness (QED) is 0.354. The molecule has 0 saturated carbocycles. The molecule has 0 saturated heterocycles. The van der Waals surface area contributed by atoms with Gasteiger partial charge in [-0.1, -0.05) is 18.2 Å². The minimum Gasteiger partial charge on any atom is -0.486 e. The molecule has 0 fully saturated rings. The Balaban J connectivity index is 1.73. The van der Waals surface area contributed by atoms with E-state index >= 15 is 0 Å². The Morgan fingerprint density at radius 1 is 1.21 bits per heavy atom. The molecule has 10 nitrogen and oxygen atoms in total. The van der Waals surface area contributed by atoms with Gasteiger partial charge in [0.15, 0.2) is 4.90 Å². The number of carbonyl (C=O) groups is 1. The summed E-state index contributed by atoms with van der Waals surface area (Å²) in [5.41, 5.74) is 3.01. The van der Waals surface area contributed by atoms with E-state index in [4.69, 9.17) is 14.2 Å². The van der Waals surface area contributed by atoms with E-state index in [1.165, 1.54) is 22.3 Å². The number of fused-ring (bicyclic) bond motifs is 1. The summed E-state index contributed by atoms with van der Waals surface area (Å²) in [4.78, 5) is 16.1. The van der Waals surface area contributed by atoms with E-state index in [9.17, 15) is 13.2 Å². The maximum absolute atomic E-state index is 14.1. The van der Waals surface area contributed by atoms with Gasteiger partial charge in [0.1, 0.15) is 11.9 Å². The van der Waals surface area contributed by atoms with E-state index < -0.39 is 16.1 Å². The number of methoxy groups -OCH3 is 1. The number of pyridine rings is 1. The van der Waals surface area contributed by atoms with Crippen LogP contribution >= 0.6 is 0 Å². The predicted octanol–water partition coefficient (Wildman–Crippen LogP) is 4.09. The van der Waals surface area contributed by atoms with E-state index in [2.05, 4.69) is 10.1 Å². The molecule has 0 amide bonds. The van der Waals surface area contributed by atoms with Crippen molar-refractivity contribution in [3.05, 3.63) is 59.5 Å². The molecule has 202 valence electrons. The molecule has 0 radical (unpaired) electrons. The van der Waals surface area contributed by atoms with E-state index in [1.54, 1.807) is 25.3 Å². The van der Waals surface area contributed by atoms with Gasteiger partial charge >= 0.3 is 5.97 Å². The highest BCUT2D eigenvalue weighted by atomic mass is 32.2. The van der Waals surface area contributed by atoms with Gasteiger partial charge in [-0.05, 0) is 62.6 Å². The van der Waals surface area contributed by atoms with E-state index in [-0.39, 0.29) is 36.3 Å². The molecule has 2 aromatic heterocycles. The van der Waals surface area contributed by atoms with Crippen molar-refractivity contribution in [3.8, 4) is 11.6 Å². The first kappa shape index (κ1) is 27.2. The first-order valence-corrected chi connectivity index (χ1v) is 13.9. The zero-order valence-corrected chi connectivity index (χ0v) is 22.8. The van der Waals surface area contributed by atoms with E-state index in [1.807, 2.05) is 44.2 Å². The Morgan fingerprint density at radius 3 is 2.71 bits per heavy atom. The van der Waals surface area contributed by atoms with Crippen molar-refractivity contribution >= 4 is 33.8 Å². The SMILES string of the molecule is CCOc1nn(CC)cc1S(=O)(=O)N1CC(CCC(=O)OC)Oc2ccc(/C=C/c3ccc(C)cn3)cc21. The van der Waals surface area contributed by atoms with E-state index in [0.717, 1.165) is 16.8 Å². The number of esters is 1. The van der Waals surface area contributed by atoms with Crippen LogP contribution in [-0.2, 0) is 26.1 Å². The van der Waals surface area contributed by atoms with Gasteiger partial charge in [0.05, 0.1) is 31.6 Å². The molecule has 0 spiro atoms. The average molecular weight is 541 g/mol. The average Bonchev–Trinajstić information content (AvgIpc) is 3.35. The summed E-state index contributed by atoms with van der Waals surface area (Å²) in [6.07, 6.45) is 6.85. The van der Waals surface area contributed by atoms with Crippen LogP contribution in [0.3, 0.4) is 0 Å². The molecule has 0 aliphatic carbocycles. The number of sulfonamides is 1. The van der Waals surface area contributed by atoms with Crippen molar-refractivity contribution in [1.29, 1.82) is 0 Å². The Morgan fingerprint density at radius 2 is 2.03 bits per heavy atom. The molecule has 1 aliphatic rings. The smallest absolute Gasteiger partial charge is 0.305 e. The number of carbonyl (C=O) groups excluding carboxylic acids is 1. The summed E-state index contributed by atoms with van der Waals surface area (Å²) < 4.78 is 47.4. The highest BCUT2D eigenvalue weighted by Gasteiger charge is 2.37. The molecule has 1 aromatic carbocycles. The van der Waals surface area contributed by atoms with Gasteiger partial charge in [-0.3, -0.25) is 18.8 Å². The van der Waals surface area contributed by atoms with Crippen LogP contribution in [0.15, 0.2) is 47.6 Å². The largest absolute Gasteiger partial charge is 0.486 e. The number of hydrogen-bond donors (Lipinski definition) is 0. The number of aromatic nitrogens is 3. The standard InChI is InChI=1S/C27H32N4O6S/c1-5-30-18-25(27(29-30)36-6-2)38(33,34)31-17-22(12-14-26(32)35-4)37-24-13-9-20(15-23(24)31)8-11-21-10-7-19(3)16-28-21/h7-11,13,15-16,18,22H,5-6,12,14,17H2,1-4H3/b11-8+. The Labute approximate surface area is 222 Å². The van der Waals surface area contributed by atoms with Crippen molar-refractivity contribution in [1.82, 2.24) is 14.8 Å². The summed E-state index contributed by atoms with van der Waals surface area (Å²) in [5.74, 6) is 0.0676. The van der Waals surface area contributed by atoms with Crippen LogP contribution in [0, 0.1) is 6.92 Å². The molecule has 38 heavy (non-hydrogen) atoms. The molecule has 1 aliphatic heterocycles. The van der Waals surface area contributed by atoms with Gasteiger partial charge in [0.2, 0.25) is 0 Å². The van der Waals surface area contributed by atoms with Crippen LogP contribution < -0.4 is 13.8 Å². The Kier molecular flexibility index (Phi) is 8.35. The predicted molar refractivity (Wildman–Crippen MR) is 144 cm³/mol. The second kappa shape index (κ2) is 11.7. The van der Waals surface area contributed by atoms with Crippen LogP contribution in [0.25, 0.3) is 12.2 Å². The fourth-order valence-electron chi connectivity index (χ4n) is 4.03. The van der Waals surface area contributed by atoms with Gasteiger partial charge in [0, 0.05) is 25.4 Å². The third kappa shape index (κ3) is 5.99. The highest BCUT2D eigenvalue weighted by molar-refractivity contribution is 7.93. The van der Waals surface area contributed by atoms with Crippen molar-refractivity contribution in [3.63, 3.8) is 0 Å². The van der Waals surface area contributed by atoms with Crippen LogP contribution in [-0.4, -0.2) is 55.5 Å². The van der Waals surface area contributed by atoms with Crippen LogP contribution in [0.5, 0.6) is 11.6 Å². The number of hydrogen-bond acceptors (Lipinski definition) is 8. The summed E-state index contributed by atoms with van der Waals surface area (Å²) >= 11 is 0. The maximum Gasteiger partial charge on any atom is 0.305 e. The van der Waals surface area contributed by atoms with Gasteiger partial charge in [-0.25, -0.2) is 8.42 Å². The van der Waals surface area contributed by atoms with Crippen LogP contribution in [0.2, 0.25) is 0 Å². The second-order valence-corrected chi connectivity index (χ2v) is 10.6. The third-order valence-corrected chi connectivity index (χ3v) is 7.82. The minimum atomic E-state index is -4.09. The summed E-state index contributed by atoms with van der Waals surface area (Å²) in [7, 11) is -2.77. The number of benzene rings is 1. The third-order valence-electron chi connectivity index (χ3n) is 6.06. The fourth-order valence-corrected chi connectivity index (χ4v) is 5.61. The number of nitrogens with zero attached hydrogens (tertiary/aromatic N) is 4. The molecule has 1 unspecified atom stereocenters. The van der Waals surface area contributed by atoms with Crippen molar-refractivity contribution in [2.24, 2.45) is 0 Å². The summed E-state index contributed by atoms with van der Waals surface area (Å²) in [6.45, 7) is 6.38. The van der Waals surface area contributed by atoms with Crippen molar-refractivity contribution < 1.29 is 27.4 Å². The number of aryl methyl sites for hydroxylation is 2. The lowest BCUT2D eigenvalue weighted by Gasteiger charge is -2.35. The van der Waals surface area contributed by atoms with Gasteiger partial charge < -0.3 is 14.2 Å². The number of anilines is 1. The highest BCUT2D eigenvalue weighted by Crippen LogP contribution is 2.40. The van der Waals surface area contributed by atoms with Crippen molar-refractivity contribution in [2.75, 3.05) is 24.6 Å². The summed E-state index contributed by atoms with van der Waals surface area (Å²) in [6, 6.07) is 9.24. The number of rotatable bonds is 10. The molecular weight excluding hydrogens is 508 g/mol. The number of ether oxygens (including phenoxy) is 3. The second-order valence-electron chi connectivity index (χ2n) is 8.80. The molecule has 0 bridgehead atoms. The van der Waals surface area contributed by atoms with Gasteiger partial charge in [0.25, 0.3) is 15.9 Å². The lowest BCUT2D eigenvalue weighted by Crippen LogP contribution is -2.43. The van der Waals surface area contributed by atoms with E-state index in [0.29, 0.717) is 24.4 Å². The molecule has 0 N–H and O–H groups in total. The normalized spacial score (nSPS) is 15.3. The van der Waals surface area contributed by atoms with Gasteiger partial charge in [-0.2, -0.15) is 0 Å². The van der Waals surface area contributed by atoms with Gasteiger partial charge in [-0.15, -0.1) is 5.10 Å². The Bertz CT molecular complexity index is 1420. The lowest BCUT2D eigenvalue weighted by atomic mass is 10.1. The molecule has 4 rings (SSSR count).